The highest BCUT2D eigenvalue weighted by Gasteiger charge is 2.46. The first-order valence-corrected chi connectivity index (χ1v) is 9.43. The number of guanidine groups is 1. The minimum absolute atomic E-state index is 0. The topological polar surface area (TPSA) is 54.9 Å². The Balaban J connectivity index is 0.00000243. The predicted molar refractivity (Wildman–Crippen MR) is 117 cm³/mol. The van der Waals surface area contributed by atoms with E-state index in [0.717, 1.165) is 50.4 Å². The molecule has 146 valence electrons. The molecular weight excluding hydrogens is 441 g/mol. The molecule has 0 aliphatic heterocycles. The summed E-state index contributed by atoms with van der Waals surface area (Å²) in [6.45, 7) is 3.53. The van der Waals surface area contributed by atoms with Crippen molar-refractivity contribution in [3.05, 3.63) is 29.8 Å². The Labute approximate surface area is 174 Å². The van der Waals surface area contributed by atoms with Gasteiger partial charge < -0.3 is 20.1 Å². The van der Waals surface area contributed by atoms with Gasteiger partial charge in [-0.05, 0) is 44.1 Å². The van der Waals surface area contributed by atoms with Crippen LogP contribution in [0.4, 0.5) is 0 Å². The number of hydrogen-bond acceptors (Lipinski definition) is 3. The summed E-state index contributed by atoms with van der Waals surface area (Å²) in [6, 6.07) is 8.34. The lowest BCUT2D eigenvalue weighted by Gasteiger charge is -2.21. The van der Waals surface area contributed by atoms with Crippen LogP contribution >= 0.6 is 24.0 Å². The number of halogens is 1. The van der Waals surface area contributed by atoms with Gasteiger partial charge in [0.2, 0.25) is 0 Å². The normalized spacial score (nSPS) is 18.0. The van der Waals surface area contributed by atoms with Crippen molar-refractivity contribution < 1.29 is 9.47 Å². The van der Waals surface area contributed by atoms with Gasteiger partial charge in [-0.1, -0.05) is 18.2 Å². The van der Waals surface area contributed by atoms with E-state index in [1.54, 1.807) is 7.11 Å². The summed E-state index contributed by atoms with van der Waals surface area (Å²) in [4.78, 5) is 4.33. The molecule has 0 amide bonds. The van der Waals surface area contributed by atoms with Gasteiger partial charge in [0.25, 0.3) is 0 Å². The smallest absolute Gasteiger partial charge is 0.191 e. The quantitative estimate of drug-likeness (QED) is 0.237. The summed E-state index contributed by atoms with van der Waals surface area (Å²) in [6.07, 6.45) is 6.08. The minimum Gasteiger partial charge on any atom is -0.496 e. The number of ether oxygens (including phenoxy) is 2. The Morgan fingerprint density at radius 2 is 2.00 bits per heavy atom. The zero-order valence-electron chi connectivity index (χ0n) is 15.9. The van der Waals surface area contributed by atoms with Gasteiger partial charge >= 0.3 is 0 Å². The molecule has 2 fully saturated rings. The fourth-order valence-corrected chi connectivity index (χ4v) is 3.16. The van der Waals surface area contributed by atoms with Gasteiger partial charge in [-0.15, -0.1) is 24.0 Å². The van der Waals surface area contributed by atoms with Gasteiger partial charge in [-0.2, -0.15) is 0 Å². The Morgan fingerprint density at radius 1 is 1.23 bits per heavy atom. The molecule has 0 saturated heterocycles. The van der Waals surface area contributed by atoms with E-state index in [4.69, 9.17) is 9.47 Å². The molecule has 0 atom stereocenters. The van der Waals surface area contributed by atoms with Crippen LogP contribution in [0.2, 0.25) is 0 Å². The molecule has 3 rings (SSSR count). The van der Waals surface area contributed by atoms with Crippen LogP contribution in [-0.4, -0.2) is 46.4 Å². The summed E-state index contributed by atoms with van der Waals surface area (Å²) in [7, 11) is 3.57. The van der Waals surface area contributed by atoms with Crippen molar-refractivity contribution in [2.45, 2.75) is 37.5 Å². The van der Waals surface area contributed by atoms with Crippen LogP contribution in [0.25, 0.3) is 0 Å². The van der Waals surface area contributed by atoms with Crippen LogP contribution in [0.5, 0.6) is 5.75 Å². The molecule has 26 heavy (non-hydrogen) atoms. The highest BCUT2D eigenvalue weighted by molar-refractivity contribution is 14.0. The lowest BCUT2D eigenvalue weighted by molar-refractivity contribution is 0.123. The summed E-state index contributed by atoms with van der Waals surface area (Å²) >= 11 is 0. The third-order valence-electron chi connectivity index (χ3n) is 5.16. The van der Waals surface area contributed by atoms with Crippen molar-refractivity contribution in [2.24, 2.45) is 10.9 Å². The average molecular weight is 473 g/mol. The van der Waals surface area contributed by atoms with E-state index < -0.39 is 0 Å². The molecule has 6 heteroatoms. The first kappa shape index (κ1) is 21.3. The molecule has 2 saturated carbocycles. The Morgan fingerprint density at radius 3 is 2.65 bits per heavy atom. The molecule has 2 N–H and O–H groups in total. The van der Waals surface area contributed by atoms with Crippen LogP contribution in [0.1, 0.15) is 37.7 Å². The number of rotatable bonds is 10. The molecular formula is C20H32IN3O2. The van der Waals surface area contributed by atoms with Gasteiger partial charge in [-0.25, -0.2) is 0 Å². The second-order valence-electron chi connectivity index (χ2n) is 7.21. The third-order valence-corrected chi connectivity index (χ3v) is 5.16. The van der Waals surface area contributed by atoms with Crippen molar-refractivity contribution in [3.63, 3.8) is 0 Å². The second kappa shape index (κ2) is 10.3. The molecule has 0 bridgehead atoms. The Hall–Kier alpha value is -1.02. The predicted octanol–water partition coefficient (Wildman–Crippen LogP) is 3.33. The minimum atomic E-state index is 0. The zero-order chi connectivity index (χ0) is 17.5. The number of nitrogens with zero attached hydrogens (tertiary/aromatic N) is 1. The van der Waals surface area contributed by atoms with Crippen molar-refractivity contribution in [1.82, 2.24) is 10.6 Å². The number of methoxy groups -OCH3 is 1. The Bertz CT molecular complexity index is 586. The van der Waals surface area contributed by atoms with E-state index in [9.17, 15) is 0 Å². The van der Waals surface area contributed by atoms with Crippen molar-refractivity contribution >= 4 is 29.9 Å². The molecule has 2 aliphatic carbocycles. The van der Waals surface area contributed by atoms with Gasteiger partial charge in [0.05, 0.1) is 7.11 Å². The maximum atomic E-state index is 5.67. The second-order valence-corrected chi connectivity index (χ2v) is 7.21. The van der Waals surface area contributed by atoms with Crippen molar-refractivity contribution in [3.8, 4) is 5.75 Å². The van der Waals surface area contributed by atoms with E-state index >= 15 is 0 Å². The number of nitrogens with one attached hydrogen (secondary N) is 2. The van der Waals surface area contributed by atoms with E-state index in [-0.39, 0.29) is 29.4 Å². The molecule has 0 aromatic heterocycles. The molecule has 1 aromatic carbocycles. The molecule has 0 heterocycles. The van der Waals surface area contributed by atoms with Crippen LogP contribution in [0.3, 0.4) is 0 Å². The van der Waals surface area contributed by atoms with E-state index in [1.165, 1.54) is 31.2 Å². The number of aliphatic imine (C=N–C) groups is 1. The van der Waals surface area contributed by atoms with Crippen LogP contribution in [-0.2, 0) is 10.2 Å². The summed E-state index contributed by atoms with van der Waals surface area (Å²) in [5.74, 6) is 2.69. The van der Waals surface area contributed by atoms with Crippen molar-refractivity contribution in [2.75, 3.05) is 40.5 Å². The maximum Gasteiger partial charge on any atom is 0.191 e. The maximum absolute atomic E-state index is 5.67. The first-order chi connectivity index (χ1) is 12.3. The Kier molecular flexibility index (Phi) is 8.47. The lowest BCUT2D eigenvalue weighted by atomic mass is 9.95. The molecule has 2 aliphatic rings. The molecule has 5 nitrogen and oxygen atoms in total. The summed E-state index contributed by atoms with van der Waals surface area (Å²) in [5, 5.41) is 6.86. The van der Waals surface area contributed by atoms with Gasteiger partial charge in [0, 0.05) is 44.3 Å². The monoisotopic (exact) mass is 473 g/mol. The fraction of sp³-hybridized carbons (Fsp3) is 0.650. The molecule has 0 spiro atoms. The summed E-state index contributed by atoms with van der Waals surface area (Å²) < 4.78 is 11.2. The van der Waals surface area contributed by atoms with E-state index in [0.29, 0.717) is 0 Å². The van der Waals surface area contributed by atoms with Crippen LogP contribution in [0.15, 0.2) is 29.3 Å². The largest absolute Gasteiger partial charge is 0.496 e. The molecule has 1 aromatic rings. The standard InChI is InChI=1S/C20H31N3O2.HI/c1-21-19(22-12-5-13-25-14-16-8-9-16)23-15-20(10-11-20)17-6-3-4-7-18(17)24-2;/h3-4,6-7,16H,5,8-15H2,1-2H3,(H2,21,22,23);1H. The van der Waals surface area contributed by atoms with E-state index in [2.05, 4.69) is 27.8 Å². The third kappa shape index (κ3) is 6.01. The SMILES string of the molecule is CN=C(NCCCOCC1CC1)NCC1(c2ccccc2OC)CC1.I. The highest BCUT2D eigenvalue weighted by Crippen LogP contribution is 2.50. The van der Waals surface area contributed by atoms with Crippen molar-refractivity contribution in [1.29, 1.82) is 0 Å². The van der Waals surface area contributed by atoms with Gasteiger partial charge in [0.15, 0.2) is 5.96 Å². The number of hydrogen-bond donors (Lipinski definition) is 2. The lowest BCUT2D eigenvalue weighted by Crippen LogP contribution is -2.41. The van der Waals surface area contributed by atoms with Crippen LogP contribution < -0.4 is 15.4 Å². The average Bonchev–Trinajstić information content (AvgIpc) is 3.56. The summed E-state index contributed by atoms with van der Waals surface area (Å²) in [5.41, 5.74) is 1.48. The number of para-hydroxylation sites is 1. The first-order valence-electron chi connectivity index (χ1n) is 9.43. The van der Waals surface area contributed by atoms with Gasteiger partial charge in [-0.3, -0.25) is 4.99 Å². The van der Waals surface area contributed by atoms with E-state index in [1.807, 2.05) is 19.2 Å². The number of benzene rings is 1. The highest BCUT2D eigenvalue weighted by atomic mass is 127. The molecule has 0 radical (unpaired) electrons. The fourth-order valence-electron chi connectivity index (χ4n) is 3.16. The van der Waals surface area contributed by atoms with Crippen LogP contribution in [0, 0.1) is 5.92 Å². The molecule has 0 unspecified atom stereocenters. The zero-order valence-corrected chi connectivity index (χ0v) is 18.3. The van der Waals surface area contributed by atoms with Gasteiger partial charge in [0.1, 0.15) is 5.75 Å².